The lowest BCUT2D eigenvalue weighted by molar-refractivity contribution is 0.439. The predicted octanol–water partition coefficient (Wildman–Crippen LogP) is 2.90. The van der Waals surface area contributed by atoms with Crippen LogP contribution in [0.2, 0.25) is 0 Å². The molecule has 1 atom stereocenters. The summed E-state index contributed by atoms with van der Waals surface area (Å²) in [6.07, 6.45) is 10.9. The minimum atomic E-state index is 0.212. The van der Waals surface area contributed by atoms with Gasteiger partial charge < -0.3 is 4.57 Å². The molecule has 0 amide bonds. The highest BCUT2D eigenvalue weighted by Crippen LogP contribution is 2.26. The molecule has 0 aliphatic heterocycles. The summed E-state index contributed by atoms with van der Waals surface area (Å²) in [4.78, 5) is 8.59. The van der Waals surface area contributed by atoms with Crippen LogP contribution in [0.5, 0.6) is 0 Å². The Hall–Kier alpha value is -3.22. The summed E-state index contributed by atoms with van der Waals surface area (Å²) in [7, 11) is 0. The Labute approximate surface area is 145 Å². The van der Waals surface area contributed by atoms with Gasteiger partial charge in [0.15, 0.2) is 0 Å². The topological polar surface area (TPSA) is 66.3 Å². The molecule has 7 heteroatoms. The number of benzene rings is 1. The van der Waals surface area contributed by atoms with Crippen molar-refractivity contribution in [1.82, 2.24) is 34.1 Å². The first-order valence-corrected chi connectivity index (χ1v) is 8.18. The van der Waals surface area contributed by atoms with Crippen LogP contribution in [0.3, 0.4) is 0 Å². The van der Waals surface area contributed by atoms with Crippen LogP contribution in [0.25, 0.3) is 17.1 Å². The summed E-state index contributed by atoms with van der Waals surface area (Å²) in [6.45, 7) is 5.00. The number of rotatable bonds is 5. The highest BCUT2D eigenvalue weighted by molar-refractivity contribution is 5.63. The zero-order valence-electron chi connectivity index (χ0n) is 14.2. The van der Waals surface area contributed by atoms with Crippen molar-refractivity contribution in [3.8, 4) is 17.1 Å². The number of nitrogens with zero attached hydrogens (tertiary/aromatic N) is 7. The maximum Gasteiger partial charge on any atom is 0.140 e. The van der Waals surface area contributed by atoms with E-state index in [0.717, 1.165) is 29.2 Å². The first-order valence-electron chi connectivity index (χ1n) is 8.18. The highest BCUT2D eigenvalue weighted by Gasteiger charge is 2.15. The van der Waals surface area contributed by atoms with Gasteiger partial charge in [-0.3, -0.25) is 4.68 Å². The van der Waals surface area contributed by atoms with Gasteiger partial charge in [0.05, 0.1) is 18.3 Å². The summed E-state index contributed by atoms with van der Waals surface area (Å²) < 4.78 is 5.87. The molecular formula is C18H19N7. The molecule has 0 unspecified atom stereocenters. The van der Waals surface area contributed by atoms with E-state index in [-0.39, 0.29) is 6.04 Å². The molecule has 25 heavy (non-hydrogen) atoms. The average Bonchev–Trinajstić information content (AvgIpc) is 3.36. The van der Waals surface area contributed by atoms with Crippen molar-refractivity contribution in [2.45, 2.75) is 26.4 Å². The van der Waals surface area contributed by atoms with Crippen molar-refractivity contribution in [1.29, 1.82) is 0 Å². The summed E-state index contributed by atoms with van der Waals surface area (Å²) in [6, 6.07) is 8.43. The number of hydrogen-bond donors (Lipinski definition) is 0. The molecule has 4 rings (SSSR count). The second kappa shape index (κ2) is 6.35. The van der Waals surface area contributed by atoms with Gasteiger partial charge in [-0.05, 0) is 43.7 Å². The molecule has 3 aromatic heterocycles. The number of aromatic nitrogens is 7. The van der Waals surface area contributed by atoms with Crippen molar-refractivity contribution in [3.63, 3.8) is 0 Å². The van der Waals surface area contributed by atoms with Gasteiger partial charge in [0, 0.05) is 30.4 Å². The van der Waals surface area contributed by atoms with Crippen molar-refractivity contribution in [2.24, 2.45) is 0 Å². The van der Waals surface area contributed by atoms with E-state index >= 15 is 0 Å². The Bertz CT molecular complexity index is 951. The second-order valence-corrected chi connectivity index (χ2v) is 6.07. The fourth-order valence-electron chi connectivity index (χ4n) is 3.03. The van der Waals surface area contributed by atoms with Gasteiger partial charge in [0.2, 0.25) is 0 Å². The molecule has 1 aromatic carbocycles. The lowest BCUT2D eigenvalue weighted by atomic mass is 10.1. The minimum Gasteiger partial charge on any atom is -0.326 e. The van der Waals surface area contributed by atoms with Gasteiger partial charge in [-0.15, -0.1) is 0 Å². The van der Waals surface area contributed by atoms with Crippen LogP contribution in [0.1, 0.15) is 18.5 Å². The largest absolute Gasteiger partial charge is 0.326 e. The molecule has 0 spiro atoms. The number of aryl methyl sites for hydroxylation is 1. The first-order chi connectivity index (χ1) is 12.2. The van der Waals surface area contributed by atoms with Gasteiger partial charge in [-0.1, -0.05) is 0 Å². The Balaban J connectivity index is 1.65. The van der Waals surface area contributed by atoms with E-state index in [1.807, 2.05) is 34.0 Å². The quantitative estimate of drug-likeness (QED) is 0.563. The van der Waals surface area contributed by atoms with Crippen LogP contribution in [-0.2, 0) is 6.54 Å². The summed E-state index contributed by atoms with van der Waals surface area (Å²) in [5.74, 6) is 0.956. The third kappa shape index (κ3) is 2.96. The van der Waals surface area contributed by atoms with Crippen LogP contribution in [0, 0.1) is 6.92 Å². The molecule has 0 saturated carbocycles. The Morgan fingerprint density at radius 2 is 2.04 bits per heavy atom. The molecule has 3 heterocycles. The van der Waals surface area contributed by atoms with E-state index in [1.54, 1.807) is 18.9 Å². The normalized spacial score (nSPS) is 12.4. The van der Waals surface area contributed by atoms with Gasteiger partial charge in [-0.25, -0.2) is 14.6 Å². The SMILES string of the molecule is Cc1cc(-n2cccn2)ccc1-c1nccn1[C@H](C)Cn1cncn1. The number of hydrogen-bond acceptors (Lipinski definition) is 4. The summed E-state index contributed by atoms with van der Waals surface area (Å²) in [5, 5.41) is 8.48. The first kappa shape index (κ1) is 15.3. The molecule has 0 aliphatic rings. The van der Waals surface area contributed by atoms with Crippen LogP contribution < -0.4 is 0 Å². The van der Waals surface area contributed by atoms with Gasteiger partial charge in [-0.2, -0.15) is 10.2 Å². The Morgan fingerprint density at radius 1 is 1.12 bits per heavy atom. The van der Waals surface area contributed by atoms with E-state index in [9.17, 15) is 0 Å². The zero-order valence-corrected chi connectivity index (χ0v) is 14.2. The predicted molar refractivity (Wildman–Crippen MR) is 94.3 cm³/mol. The molecule has 0 fully saturated rings. The van der Waals surface area contributed by atoms with Gasteiger partial charge in [0.25, 0.3) is 0 Å². The van der Waals surface area contributed by atoms with Crippen LogP contribution in [-0.4, -0.2) is 34.1 Å². The lowest BCUT2D eigenvalue weighted by Crippen LogP contribution is -2.14. The average molecular weight is 333 g/mol. The Morgan fingerprint density at radius 3 is 2.76 bits per heavy atom. The molecule has 7 nitrogen and oxygen atoms in total. The third-order valence-electron chi connectivity index (χ3n) is 4.28. The molecule has 0 aliphatic carbocycles. The number of imidazole rings is 1. The monoisotopic (exact) mass is 333 g/mol. The van der Waals surface area contributed by atoms with Gasteiger partial charge in [0.1, 0.15) is 18.5 Å². The fraction of sp³-hybridized carbons (Fsp3) is 0.222. The van der Waals surface area contributed by atoms with E-state index in [1.165, 1.54) is 0 Å². The Kier molecular flexibility index (Phi) is 3.89. The summed E-state index contributed by atoms with van der Waals surface area (Å²) >= 11 is 0. The molecular weight excluding hydrogens is 314 g/mol. The second-order valence-electron chi connectivity index (χ2n) is 6.07. The molecule has 0 radical (unpaired) electrons. The maximum absolute atomic E-state index is 4.59. The molecule has 126 valence electrons. The van der Waals surface area contributed by atoms with Crippen LogP contribution in [0.15, 0.2) is 61.7 Å². The van der Waals surface area contributed by atoms with Crippen molar-refractivity contribution >= 4 is 0 Å². The molecule has 0 bridgehead atoms. The zero-order chi connectivity index (χ0) is 17.2. The molecule has 4 aromatic rings. The van der Waals surface area contributed by atoms with Crippen LogP contribution >= 0.6 is 0 Å². The maximum atomic E-state index is 4.59. The standard InChI is InChI=1S/C18H19N7/c1-14-10-16(25-8-3-6-21-25)4-5-17(14)18-20-7-9-24(18)15(2)11-23-13-19-12-22-23/h3-10,12-13,15H,11H2,1-2H3/t15-/m1/s1. The fourth-order valence-corrected chi connectivity index (χ4v) is 3.03. The van der Waals surface area contributed by atoms with E-state index in [4.69, 9.17) is 0 Å². The van der Waals surface area contributed by atoms with Crippen molar-refractivity contribution in [3.05, 3.63) is 67.3 Å². The smallest absolute Gasteiger partial charge is 0.140 e. The van der Waals surface area contributed by atoms with Gasteiger partial charge >= 0.3 is 0 Å². The minimum absolute atomic E-state index is 0.212. The van der Waals surface area contributed by atoms with E-state index in [2.05, 4.69) is 56.8 Å². The highest BCUT2D eigenvalue weighted by atomic mass is 15.3. The lowest BCUT2D eigenvalue weighted by Gasteiger charge is -2.17. The summed E-state index contributed by atoms with van der Waals surface area (Å²) in [5.41, 5.74) is 3.32. The molecule has 0 N–H and O–H groups in total. The van der Waals surface area contributed by atoms with E-state index in [0.29, 0.717) is 0 Å². The van der Waals surface area contributed by atoms with Crippen molar-refractivity contribution in [2.75, 3.05) is 0 Å². The third-order valence-corrected chi connectivity index (χ3v) is 4.28. The van der Waals surface area contributed by atoms with E-state index < -0.39 is 0 Å². The molecule has 0 saturated heterocycles. The van der Waals surface area contributed by atoms with Crippen LogP contribution in [0.4, 0.5) is 0 Å². The van der Waals surface area contributed by atoms with Crippen molar-refractivity contribution < 1.29 is 0 Å².